The van der Waals surface area contributed by atoms with Crippen molar-refractivity contribution in [3.05, 3.63) is 42.6 Å². The number of imidazole rings is 1. The summed E-state index contributed by atoms with van der Waals surface area (Å²) in [5.41, 5.74) is 0.711. The van der Waals surface area contributed by atoms with E-state index in [2.05, 4.69) is 9.72 Å². The molecule has 2 rings (SSSR count). The van der Waals surface area contributed by atoms with E-state index in [4.69, 9.17) is 4.74 Å². The molecule has 0 fully saturated rings. The number of benzene rings is 1. The van der Waals surface area contributed by atoms with Crippen LogP contribution in [-0.4, -0.2) is 22.3 Å². The molecule has 1 aromatic carbocycles. The molecule has 1 aromatic heterocycles. The molecule has 94 valence electrons. The molecule has 0 N–H and O–H groups in total. The second-order valence-electron chi connectivity index (χ2n) is 3.38. The lowest BCUT2D eigenvalue weighted by atomic mass is 10.3. The fourth-order valence-electron chi connectivity index (χ4n) is 1.34. The third-order valence-electron chi connectivity index (χ3n) is 2.13. The van der Waals surface area contributed by atoms with Gasteiger partial charge in [-0.1, -0.05) is 0 Å². The van der Waals surface area contributed by atoms with E-state index < -0.39 is 6.16 Å². The Kier molecular flexibility index (Phi) is 3.57. The molecule has 0 aliphatic rings. The van der Waals surface area contributed by atoms with Crippen LogP contribution in [0.5, 0.6) is 5.88 Å². The lowest BCUT2D eigenvalue weighted by Crippen LogP contribution is -2.10. The van der Waals surface area contributed by atoms with Gasteiger partial charge in [0.15, 0.2) is 0 Å². The van der Waals surface area contributed by atoms with Gasteiger partial charge in [-0.2, -0.15) is 0 Å². The Labute approximate surface area is 103 Å². The van der Waals surface area contributed by atoms with E-state index in [0.29, 0.717) is 5.69 Å². The van der Waals surface area contributed by atoms with Crippen molar-refractivity contribution in [1.82, 2.24) is 9.55 Å². The van der Waals surface area contributed by atoms with Gasteiger partial charge in [-0.15, -0.1) is 0 Å². The topological polar surface area (TPSA) is 53.4 Å². The van der Waals surface area contributed by atoms with Crippen molar-refractivity contribution in [2.75, 3.05) is 6.61 Å². The Bertz CT molecular complexity index is 537. The maximum Gasteiger partial charge on any atom is 0.515 e. The molecule has 18 heavy (non-hydrogen) atoms. The number of carbonyl (C=O) groups excluding carboxylic acids is 1. The summed E-state index contributed by atoms with van der Waals surface area (Å²) in [7, 11) is 0. The molecule has 0 radical (unpaired) electrons. The summed E-state index contributed by atoms with van der Waals surface area (Å²) in [4.78, 5) is 14.9. The van der Waals surface area contributed by atoms with Crippen LogP contribution in [0.1, 0.15) is 6.92 Å². The first-order valence-electron chi connectivity index (χ1n) is 5.33. The standard InChI is InChI=1S/C12H11FN2O3/c1-2-17-12(16)18-11-7-15(8-14-11)10-5-3-9(13)4-6-10/h3-8H,2H2,1H3. The number of aromatic nitrogens is 2. The third kappa shape index (κ3) is 2.85. The van der Waals surface area contributed by atoms with Gasteiger partial charge >= 0.3 is 6.16 Å². The van der Waals surface area contributed by atoms with Gasteiger partial charge in [0.25, 0.3) is 0 Å². The molecule has 0 unspecified atom stereocenters. The van der Waals surface area contributed by atoms with Crippen molar-refractivity contribution in [3.63, 3.8) is 0 Å². The Morgan fingerprint density at radius 3 is 2.78 bits per heavy atom. The van der Waals surface area contributed by atoms with Crippen LogP contribution in [0, 0.1) is 5.82 Å². The van der Waals surface area contributed by atoms with Crippen LogP contribution in [0.4, 0.5) is 9.18 Å². The molecule has 6 heteroatoms. The second-order valence-corrected chi connectivity index (χ2v) is 3.38. The predicted molar refractivity (Wildman–Crippen MR) is 61.2 cm³/mol. The molecule has 5 nitrogen and oxygen atoms in total. The Balaban J connectivity index is 2.10. The summed E-state index contributed by atoms with van der Waals surface area (Å²) in [6.45, 7) is 1.91. The van der Waals surface area contributed by atoms with Crippen molar-refractivity contribution < 1.29 is 18.7 Å². The van der Waals surface area contributed by atoms with Gasteiger partial charge in [-0.25, -0.2) is 14.2 Å². The molecule has 0 bridgehead atoms. The molecule has 2 aromatic rings. The maximum absolute atomic E-state index is 12.8. The van der Waals surface area contributed by atoms with Crippen LogP contribution in [0.3, 0.4) is 0 Å². The number of carbonyl (C=O) groups is 1. The number of halogens is 1. The normalized spacial score (nSPS) is 10.1. The van der Waals surface area contributed by atoms with Crippen molar-refractivity contribution in [2.45, 2.75) is 6.92 Å². The van der Waals surface area contributed by atoms with Crippen molar-refractivity contribution in [1.29, 1.82) is 0 Å². The van der Waals surface area contributed by atoms with Crippen LogP contribution in [-0.2, 0) is 4.74 Å². The van der Waals surface area contributed by atoms with E-state index in [1.165, 1.54) is 24.7 Å². The van der Waals surface area contributed by atoms with Crippen LogP contribution in [0.15, 0.2) is 36.8 Å². The van der Waals surface area contributed by atoms with Crippen LogP contribution >= 0.6 is 0 Å². The first kappa shape index (κ1) is 12.1. The maximum atomic E-state index is 12.8. The molecule has 0 saturated carbocycles. The highest BCUT2D eigenvalue weighted by atomic mass is 19.1. The van der Waals surface area contributed by atoms with Crippen LogP contribution in [0.2, 0.25) is 0 Å². The lowest BCUT2D eigenvalue weighted by Gasteiger charge is -2.01. The van der Waals surface area contributed by atoms with Gasteiger partial charge in [0.05, 0.1) is 12.8 Å². The average Bonchev–Trinajstić information content (AvgIpc) is 2.78. The minimum absolute atomic E-state index is 0.123. The molecular weight excluding hydrogens is 239 g/mol. The number of rotatable bonds is 3. The van der Waals surface area contributed by atoms with E-state index in [0.717, 1.165) is 0 Å². The predicted octanol–water partition coefficient (Wildman–Crippen LogP) is 2.55. The minimum Gasteiger partial charge on any atom is -0.434 e. The Morgan fingerprint density at radius 1 is 1.39 bits per heavy atom. The largest absolute Gasteiger partial charge is 0.515 e. The first-order chi connectivity index (χ1) is 8.69. The third-order valence-corrected chi connectivity index (χ3v) is 2.13. The van der Waals surface area contributed by atoms with Gasteiger partial charge in [-0.05, 0) is 31.2 Å². The second kappa shape index (κ2) is 5.31. The van der Waals surface area contributed by atoms with Crippen LogP contribution < -0.4 is 4.74 Å². The SMILES string of the molecule is CCOC(=O)Oc1cn(-c2ccc(F)cc2)cn1. The molecule has 0 atom stereocenters. The van der Waals surface area contributed by atoms with E-state index in [9.17, 15) is 9.18 Å². The molecular formula is C12H11FN2O3. The molecule has 0 aliphatic heterocycles. The van der Waals surface area contributed by atoms with Gasteiger partial charge in [-0.3, -0.25) is 0 Å². The summed E-state index contributed by atoms with van der Waals surface area (Å²) in [5.74, 6) is -0.195. The fraction of sp³-hybridized carbons (Fsp3) is 0.167. The molecule has 0 amide bonds. The van der Waals surface area contributed by atoms with Gasteiger partial charge < -0.3 is 14.0 Å². The number of nitrogens with zero attached hydrogens (tertiary/aromatic N) is 2. The number of hydrogen-bond donors (Lipinski definition) is 0. The Morgan fingerprint density at radius 2 is 2.11 bits per heavy atom. The lowest BCUT2D eigenvalue weighted by molar-refractivity contribution is 0.103. The fourth-order valence-corrected chi connectivity index (χ4v) is 1.34. The zero-order valence-electron chi connectivity index (χ0n) is 9.67. The van der Waals surface area contributed by atoms with Gasteiger partial charge in [0, 0.05) is 5.69 Å². The summed E-state index contributed by atoms with van der Waals surface area (Å²) in [5, 5.41) is 0. The number of ether oxygens (including phenoxy) is 2. The Hall–Kier alpha value is -2.37. The quantitative estimate of drug-likeness (QED) is 0.785. The van der Waals surface area contributed by atoms with Crippen molar-refractivity contribution in [2.24, 2.45) is 0 Å². The monoisotopic (exact) mass is 250 g/mol. The number of hydrogen-bond acceptors (Lipinski definition) is 4. The van der Waals surface area contributed by atoms with Crippen LogP contribution in [0.25, 0.3) is 5.69 Å². The zero-order valence-corrected chi connectivity index (χ0v) is 9.67. The highest BCUT2D eigenvalue weighted by Gasteiger charge is 2.08. The minimum atomic E-state index is -0.804. The molecule has 0 aliphatic carbocycles. The zero-order chi connectivity index (χ0) is 13.0. The van der Waals surface area contributed by atoms with Gasteiger partial charge in [0.2, 0.25) is 5.88 Å². The van der Waals surface area contributed by atoms with E-state index in [-0.39, 0.29) is 18.3 Å². The van der Waals surface area contributed by atoms with E-state index >= 15 is 0 Å². The average molecular weight is 250 g/mol. The van der Waals surface area contributed by atoms with Crippen molar-refractivity contribution >= 4 is 6.16 Å². The molecule has 0 saturated heterocycles. The summed E-state index contributed by atoms with van der Waals surface area (Å²) < 4.78 is 23.8. The summed E-state index contributed by atoms with van der Waals surface area (Å²) in [6.07, 6.45) is 2.16. The summed E-state index contributed by atoms with van der Waals surface area (Å²) >= 11 is 0. The van der Waals surface area contributed by atoms with Crippen molar-refractivity contribution in [3.8, 4) is 11.6 Å². The highest BCUT2D eigenvalue weighted by Crippen LogP contribution is 2.13. The van der Waals surface area contributed by atoms with E-state index in [1.54, 1.807) is 23.6 Å². The molecule has 1 heterocycles. The highest BCUT2D eigenvalue weighted by molar-refractivity contribution is 5.62. The molecule has 0 spiro atoms. The summed E-state index contributed by atoms with van der Waals surface area (Å²) in [6, 6.07) is 5.85. The smallest absolute Gasteiger partial charge is 0.434 e. The first-order valence-corrected chi connectivity index (χ1v) is 5.33. The van der Waals surface area contributed by atoms with Gasteiger partial charge in [0.1, 0.15) is 12.1 Å². The van der Waals surface area contributed by atoms with E-state index in [1.807, 2.05) is 0 Å².